The van der Waals surface area contributed by atoms with Gasteiger partial charge in [-0.1, -0.05) is 53.0 Å². The first-order valence-electron chi connectivity index (χ1n) is 11.2. The van der Waals surface area contributed by atoms with Gasteiger partial charge in [-0.05, 0) is 60.9 Å². The second kappa shape index (κ2) is 11.7. The third-order valence-electron chi connectivity index (χ3n) is 5.60. The summed E-state index contributed by atoms with van der Waals surface area (Å²) in [5.74, 6) is -0.534. The van der Waals surface area contributed by atoms with Gasteiger partial charge in [-0.15, -0.1) is 0 Å². The number of nitrogens with one attached hydrogen (secondary N) is 1. The van der Waals surface area contributed by atoms with Crippen molar-refractivity contribution in [2.45, 2.75) is 18.8 Å². The molecule has 2 N–H and O–H groups in total. The van der Waals surface area contributed by atoms with Gasteiger partial charge < -0.3 is 19.9 Å². The Morgan fingerprint density at radius 2 is 1.83 bits per heavy atom. The lowest BCUT2D eigenvalue weighted by atomic mass is 9.93. The molecule has 0 spiro atoms. The number of ether oxygens (including phenoxy) is 2. The van der Waals surface area contributed by atoms with Crippen molar-refractivity contribution in [3.05, 3.63) is 92.4 Å². The van der Waals surface area contributed by atoms with E-state index in [9.17, 15) is 14.7 Å². The van der Waals surface area contributed by atoms with E-state index in [1.165, 1.54) is 0 Å². The average Bonchev–Trinajstić information content (AvgIpc) is 2.85. The molecule has 0 saturated heterocycles. The lowest BCUT2D eigenvalue weighted by molar-refractivity contribution is -0.139. The van der Waals surface area contributed by atoms with Crippen LogP contribution in [0.4, 0.5) is 0 Å². The van der Waals surface area contributed by atoms with Crippen LogP contribution >= 0.6 is 34.8 Å². The van der Waals surface area contributed by atoms with Crippen LogP contribution in [0.3, 0.4) is 0 Å². The minimum Gasteiger partial charge on any atom is -0.493 e. The molecule has 0 radical (unpaired) electrons. The van der Waals surface area contributed by atoms with Gasteiger partial charge >= 0.3 is 5.97 Å². The van der Waals surface area contributed by atoms with Crippen molar-refractivity contribution in [2.75, 3.05) is 13.2 Å². The maximum atomic E-state index is 12.4. The molecule has 0 aromatic heterocycles. The minimum atomic E-state index is -0.917. The van der Waals surface area contributed by atoms with Crippen LogP contribution in [0.2, 0.25) is 15.1 Å². The lowest BCUT2D eigenvalue weighted by Crippen LogP contribution is -2.23. The van der Waals surface area contributed by atoms with E-state index in [1.54, 1.807) is 48.5 Å². The van der Waals surface area contributed by atoms with Crippen LogP contribution in [0, 0.1) is 0 Å². The number of carboxylic acid groups (broad SMARTS) is 1. The number of aliphatic carboxylic acids is 1. The Morgan fingerprint density at radius 1 is 1.06 bits per heavy atom. The standard InChI is InChI=1S/C27H22Cl3NO5/c28-18-7-4-16(22(29)13-18)3-1-2-11-31-26(32)17-5-8-19(9-6-17)36-25-15-24-21(14-23(25)30)20(27(33)34)10-12-35-24/h1,3-9,13-15,20H,2,10-12H2,(H,31,32)(H,33,34). The van der Waals surface area contributed by atoms with E-state index < -0.39 is 11.9 Å². The monoisotopic (exact) mass is 545 g/mol. The van der Waals surface area contributed by atoms with Crippen LogP contribution in [0.15, 0.2) is 60.7 Å². The molecule has 0 fully saturated rings. The fraction of sp³-hybridized carbons (Fsp3) is 0.185. The van der Waals surface area contributed by atoms with Crippen LogP contribution < -0.4 is 14.8 Å². The van der Waals surface area contributed by atoms with E-state index in [1.807, 2.05) is 18.2 Å². The predicted molar refractivity (Wildman–Crippen MR) is 141 cm³/mol. The van der Waals surface area contributed by atoms with Crippen molar-refractivity contribution in [1.29, 1.82) is 0 Å². The molecule has 1 unspecified atom stereocenters. The quantitative estimate of drug-likeness (QED) is 0.291. The van der Waals surface area contributed by atoms with E-state index in [-0.39, 0.29) is 10.9 Å². The number of hydrogen-bond donors (Lipinski definition) is 2. The molecular weight excluding hydrogens is 525 g/mol. The minimum absolute atomic E-state index is 0.209. The van der Waals surface area contributed by atoms with Crippen molar-refractivity contribution in [1.82, 2.24) is 5.32 Å². The number of amides is 1. The van der Waals surface area contributed by atoms with E-state index in [0.717, 1.165) is 5.56 Å². The van der Waals surface area contributed by atoms with E-state index in [0.29, 0.717) is 64.4 Å². The molecule has 36 heavy (non-hydrogen) atoms. The van der Waals surface area contributed by atoms with Gasteiger partial charge in [0, 0.05) is 33.8 Å². The van der Waals surface area contributed by atoms with Gasteiger partial charge in [0.25, 0.3) is 5.91 Å². The number of benzene rings is 3. The molecule has 1 aliphatic heterocycles. The average molecular weight is 547 g/mol. The van der Waals surface area contributed by atoms with Crippen molar-refractivity contribution in [3.63, 3.8) is 0 Å². The number of carbonyl (C=O) groups excluding carboxylic acids is 1. The third kappa shape index (κ3) is 6.32. The Labute approximate surface area is 223 Å². The van der Waals surface area contributed by atoms with E-state index in [2.05, 4.69) is 5.32 Å². The van der Waals surface area contributed by atoms with Gasteiger partial charge in [0.2, 0.25) is 0 Å². The van der Waals surface area contributed by atoms with Gasteiger partial charge in [0.05, 0.1) is 17.5 Å². The van der Waals surface area contributed by atoms with Crippen molar-refractivity contribution >= 4 is 52.8 Å². The van der Waals surface area contributed by atoms with Crippen LogP contribution in [0.1, 0.15) is 40.2 Å². The number of fused-ring (bicyclic) bond motifs is 1. The Morgan fingerprint density at radius 3 is 2.56 bits per heavy atom. The van der Waals surface area contributed by atoms with Crippen LogP contribution in [-0.2, 0) is 4.79 Å². The summed E-state index contributed by atoms with van der Waals surface area (Å²) in [7, 11) is 0. The van der Waals surface area contributed by atoms with Gasteiger partial charge in [-0.25, -0.2) is 0 Å². The highest BCUT2D eigenvalue weighted by Crippen LogP contribution is 2.41. The zero-order valence-electron chi connectivity index (χ0n) is 19.0. The molecule has 0 aliphatic carbocycles. The molecule has 1 atom stereocenters. The molecule has 0 saturated carbocycles. The number of rotatable bonds is 8. The molecule has 6 nitrogen and oxygen atoms in total. The summed E-state index contributed by atoms with van der Waals surface area (Å²) >= 11 is 18.4. The maximum absolute atomic E-state index is 12.4. The molecule has 0 bridgehead atoms. The third-order valence-corrected chi connectivity index (χ3v) is 6.46. The van der Waals surface area contributed by atoms with Gasteiger partial charge in [-0.2, -0.15) is 0 Å². The molecule has 3 aromatic carbocycles. The molecule has 4 rings (SSSR count). The largest absolute Gasteiger partial charge is 0.493 e. The molecular formula is C27H22Cl3NO5. The Kier molecular flexibility index (Phi) is 8.41. The summed E-state index contributed by atoms with van der Waals surface area (Å²) in [4.78, 5) is 23.9. The Hall–Kier alpha value is -3.19. The number of carbonyl (C=O) groups is 2. The smallest absolute Gasteiger partial charge is 0.311 e. The summed E-state index contributed by atoms with van der Waals surface area (Å²) in [6.07, 6.45) is 4.83. The summed E-state index contributed by atoms with van der Waals surface area (Å²) in [6, 6.07) is 15.1. The summed E-state index contributed by atoms with van der Waals surface area (Å²) < 4.78 is 11.5. The Balaban J connectivity index is 1.32. The normalized spacial score (nSPS) is 14.7. The van der Waals surface area contributed by atoms with Crippen molar-refractivity contribution < 1.29 is 24.2 Å². The lowest BCUT2D eigenvalue weighted by Gasteiger charge is -2.24. The fourth-order valence-corrected chi connectivity index (χ4v) is 4.43. The number of carboxylic acids is 1. The topological polar surface area (TPSA) is 84.9 Å². The summed E-state index contributed by atoms with van der Waals surface area (Å²) in [5.41, 5.74) is 1.87. The number of hydrogen-bond acceptors (Lipinski definition) is 4. The highest BCUT2D eigenvalue weighted by atomic mass is 35.5. The van der Waals surface area contributed by atoms with Gasteiger partial charge in [0.1, 0.15) is 17.2 Å². The van der Waals surface area contributed by atoms with Crippen LogP contribution in [0.25, 0.3) is 6.08 Å². The molecule has 3 aromatic rings. The Bertz CT molecular complexity index is 1310. The summed E-state index contributed by atoms with van der Waals surface area (Å²) in [5, 5.41) is 13.7. The SMILES string of the molecule is O=C(NCCC=Cc1ccc(Cl)cc1Cl)c1ccc(Oc2cc3c(cc2Cl)C(C(=O)O)CCO3)cc1. The van der Waals surface area contributed by atoms with Crippen LogP contribution in [0.5, 0.6) is 17.2 Å². The van der Waals surface area contributed by atoms with E-state index in [4.69, 9.17) is 44.3 Å². The highest BCUT2D eigenvalue weighted by molar-refractivity contribution is 6.35. The zero-order valence-corrected chi connectivity index (χ0v) is 21.2. The second-order valence-corrected chi connectivity index (χ2v) is 9.34. The zero-order chi connectivity index (χ0) is 25.7. The first kappa shape index (κ1) is 25.9. The predicted octanol–water partition coefficient (Wildman–Crippen LogP) is 7.22. The molecule has 1 aliphatic rings. The van der Waals surface area contributed by atoms with Crippen LogP contribution in [-0.4, -0.2) is 30.1 Å². The molecule has 1 amide bonds. The van der Waals surface area contributed by atoms with Crippen molar-refractivity contribution in [3.8, 4) is 17.2 Å². The molecule has 9 heteroatoms. The highest BCUT2D eigenvalue weighted by Gasteiger charge is 2.29. The maximum Gasteiger partial charge on any atom is 0.311 e. The van der Waals surface area contributed by atoms with Gasteiger partial charge in [-0.3, -0.25) is 9.59 Å². The second-order valence-electron chi connectivity index (χ2n) is 8.09. The number of halogens is 3. The molecule has 1 heterocycles. The summed E-state index contributed by atoms with van der Waals surface area (Å²) in [6.45, 7) is 0.764. The first-order chi connectivity index (χ1) is 17.3. The first-order valence-corrected chi connectivity index (χ1v) is 12.3. The van der Waals surface area contributed by atoms with Crippen molar-refractivity contribution in [2.24, 2.45) is 0 Å². The van der Waals surface area contributed by atoms with E-state index >= 15 is 0 Å². The van der Waals surface area contributed by atoms with Gasteiger partial charge in [0.15, 0.2) is 0 Å². The fourth-order valence-electron chi connectivity index (χ4n) is 3.74. The molecule has 186 valence electrons.